The molecule has 1 N–H and O–H groups in total. The molecule has 0 aromatic heterocycles. The lowest BCUT2D eigenvalue weighted by atomic mass is 10.4. The Bertz CT molecular complexity index is 134. The van der Waals surface area contributed by atoms with Crippen molar-refractivity contribution in [3.8, 4) is 0 Å². The second-order valence-electron chi connectivity index (χ2n) is 3.88. The normalized spacial score (nSPS) is 11.2. The summed E-state index contributed by atoms with van der Waals surface area (Å²) in [6, 6.07) is 0. The summed E-state index contributed by atoms with van der Waals surface area (Å²) in [4.78, 5) is 2.28. The van der Waals surface area contributed by atoms with Gasteiger partial charge in [0.1, 0.15) is 0 Å². The van der Waals surface area contributed by atoms with Crippen LogP contribution in [0.4, 0.5) is 0 Å². The van der Waals surface area contributed by atoms with E-state index in [0.717, 1.165) is 39.4 Å². The van der Waals surface area contributed by atoms with Crippen LogP contribution in [-0.4, -0.2) is 64.6 Å². The van der Waals surface area contributed by atoms with E-state index in [1.807, 2.05) is 0 Å². The maximum atomic E-state index is 5.47. The molecule has 0 spiro atoms. The number of nitrogens with one attached hydrogen (secondary N) is 1. The van der Waals surface area contributed by atoms with Gasteiger partial charge in [0.2, 0.25) is 0 Å². The standard InChI is InChI=1S/C12H28N2O2/c1-4-7-14(3)8-10-16-12-11-15-9-6-13-5-2/h13H,4-12H2,1-3H3. The zero-order valence-electron chi connectivity index (χ0n) is 11.1. The van der Waals surface area contributed by atoms with Gasteiger partial charge in [0.05, 0.1) is 26.4 Å². The van der Waals surface area contributed by atoms with Gasteiger partial charge in [-0.25, -0.2) is 0 Å². The Morgan fingerprint density at radius 1 is 0.938 bits per heavy atom. The Morgan fingerprint density at radius 3 is 2.25 bits per heavy atom. The average molecular weight is 232 g/mol. The van der Waals surface area contributed by atoms with Gasteiger partial charge in [0.15, 0.2) is 0 Å². The van der Waals surface area contributed by atoms with Crippen molar-refractivity contribution >= 4 is 0 Å². The van der Waals surface area contributed by atoms with Crippen LogP contribution in [0.15, 0.2) is 0 Å². The third kappa shape index (κ3) is 11.9. The number of ether oxygens (including phenoxy) is 2. The van der Waals surface area contributed by atoms with Crippen molar-refractivity contribution in [2.24, 2.45) is 0 Å². The van der Waals surface area contributed by atoms with Gasteiger partial charge in [-0.1, -0.05) is 13.8 Å². The smallest absolute Gasteiger partial charge is 0.0701 e. The van der Waals surface area contributed by atoms with E-state index in [4.69, 9.17) is 9.47 Å². The molecule has 16 heavy (non-hydrogen) atoms. The minimum Gasteiger partial charge on any atom is -0.378 e. The quantitative estimate of drug-likeness (QED) is 0.508. The third-order valence-electron chi connectivity index (χ3n) is 2.27. The molecule has 98 valence electrons. The second kappa shape index (κ2) is 12.9. The fraction of sp³-hybridized carbons (Fsp3) is 1.00. The average Bonchev–Trinajstić information content (AvgIpc) is 2.27. The topological polar surface area (TPSA) is 33.7 Å². The van der Waals surface area contributed by atoms with E-state index in [-0.39, 0.29) is 0 Å². The predicted octanol–water partition coefficient (Wildman–Crippen LogP) is 0.971. The van der Waals surface area contributed by atoms with Crippen LogP contribution in [0.25, 0.3) is 0 Å². The number of likely N-dealkylation sites (N-methyl/N-ethyl adjacent to an activating group) is 2. The van der Waals surface area contributed by atoms with Crippen molar-refractivity contribution in [2.75, 3.05) is 59.7 Å². The van der Waals surface area contributed by atoms with Crippen molar-refractivity contribution in [1.82, 2.24) is 10.2 Å². The molecule has 4 nitrogen and oxygen atoms in total. The van der Waals surface area contributed by atoms with Crippen LogP contribution >= 0.6 is 0 Å². The molecule has 0 aliphatic rings. The molecule has 0 aromatic rings. The molecule has 0 aliphatic carbocycles. The minimum absolute atomic E-state index is 0.697. The van der Waals surface area contributed by atoms with E-state index in [0.29, 0.717) is 13.2 Å². The summed E-state index contributed by atoms with van der Waals surface area (Å²) in [5.41, 5.74) is 0. The lowest BCUT2D eigenvalue weighted by Gasteiger charge is -2.15. The molecule has 0 bridgehead atoms. The molecule has 0 radical (unpaired) electrons. The molecule has 4 heteroatoms. The first-order chi connectivity index (χ1) is 7.81. The van der Waals surface area contributed by atoms with Crippen molar-refractivity contribution in [2.45, 2.75) is 20.3 Å². The fourth-order valence-corrected chi connectivity index (χ4v) is 1.36. The molecule has 0 amide bonds. The monoisotopic (exact) mass is 232 g/mol. The summed E-state index contributed by atoms with van der Waals surface area (Å²) in [6.45, 7) is 11.3. The van der Waals surface area contributed by atoms with Crippen LogP contribution < -0.4 is 5.32 Å². The summed E-state index contributed by atoms with van der Waals surface area (Å²) >= 11 is 0. The highest BCUT2D eigenvalue weighted by Gasteiger charge is 1.95. The zero-order valence-corrected chi connectivity index (χ0v) is 11.1. The van der Waals surface area contributed by atoms with Crippen LogP contribution in [0, 0.1) is 0 Å². The summed E-state index contributed by atoms with van der Waals surface area (Å²) in [5.74, 6) is 0. The van der Waals surface area contributed by atoms with Crippen molar-refractivity contribution in [3.05, 3.63) is 0 Å². The summed E-state index contributed by atoms with van der Waals surface area (Å²) in [6.07, 6.45) is 1.20. The van der Waals surface area contributed by atoms with Crippen LogP contribution in [0.5, 0.6) is 0 Å². The lowest BCUT2D eigenvalue weighted by molar-refractivity contribution is 0.0420. The molecule has 0 aromatic carbocycles. The lowest BCUT2D eigenvalue weighted by Crippen LogP contribution is -2.24. The highest BCUT2D eigenvalue weighted by Crippen LogP contribution is 1.86. The first-order valence-electron chi connectivity index (χ1n) is 6.36. The Hall–Kier alpha value is -0.160. The van der Waals surface area contributed by atoms with Crippen LogP contribution in [0.3, 0.4) is 0 Å². The molecule has 0 fully saturated rings. The number of rotatable bonds is 12. The molecule has 0 saturated carbocycles. The van der Waals surface area contributed by atoms with Crippen molar-refractivity contribution < 1.29 is 9.47 Å². The molecular weight excluding hydrogens is 204 g/mol. The predicted molar refractivity (Wildman–Crippen MR) is 68.0 cm³/mol. The maximum Gasteiger partial charge on any atom is 0.0701 e. The van der Waals surface area contributed by atoms with Gasteiger partial charge in [-0.05, 0) is 26.6 Å². The van der Waals surface area contributed by atoms with Crippen LogP contribution in [0.2, 0.25) is 0 Å². The molecular formula is C12H28N2O2. The number of hydrogen-bond acceptors (Lipinski definition) is 4. The van der Waals surface area contributed by atoms with E-state index in [2.05, 4.69) is 31.1 Å². The van der Waals surface area contributed by atoms with E-state index < -0.39 is 0 Å². The maximum absolute atomic E-state index is 5.47. The van der Waals surface area contributed by atoms with Crippen LogP contribution in [0.1, 0.15) is 20.3 Å². The zero-order chi connectivity index (χ0) is 12.1. The highest BCUT2D eigenvalue weighted by molar-refractivity contribution is 4.48. The molecule has 0 atom stereocenters. The summed E-state index contributed by atoms with van der Waals surface area (Å²) in [7, 11) is 2.12. The van der Waals surface area contributed by atoms with Crippen molar-refractivity contribution in [1.29, 1.82) is 0 Å². The van der Waals surface area contributed by atoms with Gasteiger partial charge in [0.25, 0.3) is 0 Å². The Morgan fingerprint density at radius 2 is 1.62 bits per heavy atom. The molecule has 0 heterocycles. The Kier molecular flexibility index (Phi) is 12.8. The fourth-order valence-electron chi connectivity index (χ4n) is 1.36. The summed E-state index contributed by atoms with van der Waals surface area (Å²) < 4.78 is 10.9. The largest absolute Gasteiger partial charge is 0.378 e. The highest BCUT2D eigenvalue weighted by atomic mass is 16.5. The van der Waals surface area contributed by atoms with Gasteiger partial charge >= 0.3 is 0 Å². The number of hydrogen-bond donors (Lipinski definition) is 1. The summed E-state index contributed by atoms with van der Waals surface area (Å²) in [5, 5.41) is 3.21. The van der Waals surface area contributed by atoms with E-state index in [9.17, 15) is 0 Å². The van der Waals surface area contributed by atoms with E-state index >= 15 is 0 Å². The molecule has 0 saturated heterocycles. The molecule has 0 aliphatic heterocycles. The molecule has 0 rings (SSSR count). The van der Waals surface area contributed by atoms with Gasteiger partial charge < -0.3 is 19.7 Å². The van der Waals surface area contributed by atoms with E-state index in [1.165, 1.54) is 6.42 Å². The van der Waals surface area contributed by atoms with Gasteiger partial charge in [-0.3, -0.25) is 0 Å². The SMILES string of the molecule is CCCN(C)CCOCCOCCNCC. The first-order valence-corrected chi connectivity index (χ1v) is 6.36. The van der Waals surface area contributed by atoms with Gasteiger partial charge in [0, 0.05) is 13.1 Å². The van der Waals surface area contributed by atoms with Gasteiger partial charge in [-0.2, -0.15) is 0 Å². The second-order valence-corrected chi connectivity index (χ2v) is 3.88. The Balaban J connectivity index is 2.98. The Labute approximate surface area is 100 Å². The van der Waals surface area contributed by atoms with Crippen LogP contribution in [-0.2, 0) is 9.47 Å². The van der Waals surface area contributed by atoms with Crippen molar-refractivity contribution in [3.63, 3.8) is 0 Å². The minimum atomic E-state index is 0.697. The number of nitrogens with zero attached hydrogens (tertiary/aromatic N) is 1. The van der Waals surface area contributed by atoms with Gasteiger partial charge in [-0.15, -0.1) is 0 Å². The first kappa shape index (κ1) is 15.8. The third-order valence-corrected chi connectivity index (χ3v) is 2.27. The van der Waals surface area contributed by atoms with E-state index in [1.54, 1.807) is 0 Å². The molecule has 0 unspecified atom stereocenters.